The van der Waals surface area contributed by atoms with Gasteiger partial charge in [-0.15, -0.1) is 0 Å². The highest BCUT2D eigenvalue weighted by atomic mass is 16.6. The minimum Gasteiger partial charge on any atom is -0.479 e. The maximum Gasteiger partial charge on any atom is 0.347 e. The van der Waals surface area contributed by atoms with Crippen molar-refractivity contribution in [1.82, 2.24) is 0 Å². The summed E-state index contributed by atoms with van der Waals surface area (Å²) in [6, 6.07) is 13.2. The molecule has 2 rings (SSSR count). The van der Waals surface area contributed by atoms with Crippen molar-refractivity contribution in [3.63, 3.8) is 0 Å². The van der Waals surface area contributed by atoms with Gasteiger partial charge in [0, 0.05) is 5.69 Å². The summed E-state index contributed by atoms with van der Waals surface area (Å²) in [7, 11) is 0. The second kappa shape index (κ2) is 9.04. The van der Waals surface area contributed by atoms with Crippen molar-refractivity contribution >= 4 is 17.6 Å². The molecule has 2 aromatic carbocycles. The summed E-state index contributed by atoms with van der Waals surface area (Å²) in [4.78, 5) is 24.2. The predicted molar refractivity (Wildman–Crippen MR) is 101 cm³/mol. The molecular weight excluding hydrogens is 330 g/mol. The van der Waals surface area contributed by atoms with Crippen LogP contribution in [0.1, 0.15) is 30.5 Å². The summed E-state index contributed by atoms with van der Waals surface area (Å²) >= 11 is 0. The summed E-state index contributed by atoms with van der Waals surface area (Å²) in [5.74, 6) is -0.362. The number of hydrogen-bond acceptors (Lipinski definition) is 4. The molecule has 0 fully saturated rings. The van der Waals surface area contributed by atoms with Gasteiger partial charge in [0.1, 0.15) is 5.75 Å². The first-order valence-corrected chi connectivity index (χ1v) is 8.69. The Bertz CT molecular complexity index is 785. The number of benzene rings is 2. The molecule has 0 aromatic heterocycles. The van der Waals surface area contributed by atoms with Gasteiger partial charge in [-0.3, -0.25) is 4.79 Å². The lowest BCUT2D eigenvalue weighted by Crippen LogP contribution is -2.30. The Balaban J connectivity index is 1.88. The van der Waals surface area contributed by atoms with Gasteiger partial charge in [-0.25, -0.2) is 4.79 Å². The highest BCUT2D eigenvalue weighted by Gasteiger charge is 2.18. The van der Waals surface area contributed by atoms with Gasteiger partial charge < -0.3 is 14.8 Å². The molecule has 0 aliphatic carbocycles. The van der Waals surface area contributed by atoms with Crippen molar-refractivity contribution in [2.45, 2.75) is 40.2 Å². The molecule has 0 unspecified atom stereocenters. The van der Waals surface area contributed by atoms with Gasteiger partial charge in [-0.1, -0.05) is 37.3 Å². The lowest BCUT2D eigenvalue weighted by molar-refractivity contribution is -0.153. The first kappa shape index (κ1) is 19.5. The topological polar surface area (TPSA) is 64.6 Å². The molecule has 0 saturated carbocycles. The summed E-state index contributed by atoms with van der Waals surface area (Å²) in [6.45, 7) is 7.14. The third-order valence-corrected chi connectivity index (χ3v) is 3.98. The van der Waals surface area contributed by atoms with Crippen molar-refractivity contribution in [2.75, 3.05) is 11.9 Å². The lowest BCUT2D eigenvalue weighted by atomic mass is 10.1. The molecule has 0 heterocycles. The molecule has 26 heavy (non-hydrogen) atoms. The van der Waals surface area contributed by atoms with E-state index in [1.807, 2.05) is 57.2 Å². The van der Waals surface area contributed by atoms with E-state index in [1.165, 1.54) is 0 Å². The molecule has 5 heteroatoms. The van der Waals surface area contributed by atoms with E-state index in [1.54, 1.807) is 13.0 Å². The van der Waals surface area contributed by atoms with Crippen molar-refractivity contribution in [1.29, 1.82) is 0 Å². The second-order valence-electron chi connectivity index (χ2n) is 6.20. The van der Waals surface area contributed by atoms with Crippen LogP contribution in [-0.2, 0) is 20.7 Å². The van der Waals surface area contributed by atoms with E-state index in [2.05, 4.69) is 5.32 Å². The van der Waals surface area contributed by atoms with E-state index in [0.717, 1.165) is 28.8 Å². The van der Waals surface area contributed by atoms with Crippen molar-refractivity contribution in [3.8, 4) is 5.75 Å². The van der Waals surface area contributed by atoms with Crippen LogP contribution in [0.2, 0.25) is 0 Å². The number of esters is 1. The standard InChI is InChI=1S/C21H25NO4/c1-5-17-10-7-9-15(3)20(17)22-19(23)13-25-21(24)16(4)26-18-11-6-8-14(2)12-18/h6-12,16H,5,13H2,1-4H3,(H,22,23)/t16-/m1/s1. The Morgan fingerprint density at radius 2 is 1.85 bits per heavy atom. The molecule has 1 N–H and O–H groups in total. The van der Waals surface area contributed by atoms with E-state index in [4.69, 9.17) is 9.47 Å². The van der Waals surface area contributed by atoms with Crippen molar-refractivity contribution in [3.05, 3.63) is 59.2 Å². The van der Waals surface area contributed by atoms with Gasteiger partial charge in [0.25, 0.3) is 5.91 Å². The van der Waals surface area contributed by atoms with Gasteiger partial charge in [-0.2, -0.15) is 0 Å². The van der Waals surface area contributed by atoms with Crippen LogP contribution >= 0.6 is 0 Å². The molecule has 5 nitrogen and oxygen atoms in total. The molecule has 0 radical (unpaired) electrons. The van der Waals surface area contributed by atoms with Crippen LogP contribution in [0.25, 0.3) is 0 Å². The SMILES string of the molecule is CCc1cccc(C)c1NC(=O)COC(=O)[C@@H](C)Oc1cccc(C)c1. The number of nitrogens with one attached hydrogen (secondary N) is 1. The van der Waals surface area contributed by atoms with E-state index < -0.39 is 12.1 Å². The van der Waals surface area contributed by atoms with Crippen molar-refractivity contribution < 1.29 is 19.1 Å². The minimum absolute atomic E-state index is 0.349. The van der Waals surface area contributed by atoms with E-state index in [0.29, 0.717) is 5.75 Å². The zero-order valence-electron chi connectivity index (χ0n) is 15.7. The van der Waals surface area contributed by atoms with Crippen LogP contribution in [0.3, 0.4) is 0 Å². The molecule has 0 spiro atoms. The zero-order chi connectivity index (χ0) is 19.1. The average Bonchev–Trinajstić information content (AvgIpc) is 2.61. The monoisotopic (exact) mass is 355 g/mol. The van der Waals surface area contributed by atoms with Gasteiger partial charge in [0.15, 0.2) is 12.7 Å². The van der Waals surface area contributed by atoms with Crippen LogP contribution in [0.4, 0.5) is 5.69 Å². The summed E-state index contributed by atoms with van der Waals surface area (Å²) in [6.07, 6.45) is 0.00704. The molecular formula is C21H25NO4. The fraction of sp³-hybridized carbons (Fsp3) is 0.333. The van der Waals surface area contributed by atoms with Crippen LogP contribution in [-0.4, -0.2) is 24.6 Å². The normalized spacial score (nSPS) is 11.5. The average molecular weight is 355 g/mol. The van der Waals surface area contributed by atoms with Crippen LogP contribution < -0.4 is 10.1 Å². The minimum atomic E-state index is -0.797. The Morgan fingerprint density at radius 3 is 2.54 bits per heavy atom. The molecule has 0 saturated heterocycles. The van der Waals surface area contributed by atoms with Crippen LogP contribution in [0.15, 0.2) is 42.5 Å². The number of carbonyl (C=O) groups is 2. The lowest BCUT2D eigenvalue weighted by Gasteiger charge is -2.15. The quantitative estimate of drug-likeness (QED) is 0.767. The molecule has 0 aliphatic heterocycles. The maximum atomic E-state index is 12.1. The highest BCUT2D eigenvalue weighted by Crippen LogP contribution is 2.21. The number of rotatable bonds is 7. The first-order chi connectivity index (χ1) is 12.4. The van der Waals surface area contributed by atoms with Gasteiger partial charge >= 0.3 is 5.97 Å². The molecule has 0 aliphatic rings. The van der Waals surface area contributed by atoms with Gasteiger partial charge in [-0.05, 0) is 56.0 Å². The second-order valence-corrected chi connectivity index (χ2v) is 6.20. The smallest absolute Gasteiger partial charge is 0.347 e. The number of anilines is 1. The third-order valence-electron chi connectivity index (χ3n) is 3.98. The number of ether oxygens (including phenoxy) is 2. The van der Waals surface area contributed by atoms with E-state index in [-0.39, 0.29) is 12.5 Å². The fourth-order valence-corrected chi connectivity index (χ4v) is 2.57. The molecule has 1 amide bonds. The van der Waals surface area contributed by atoms with Crippen LogP contribution in [0.5, 0.6) is 5.75 Å². The number of para-hydroxylation sites is 1. The van der Waals surface area contributed by atoms with Gasteiger partial charge in [0.05, 0.1) is 0 Å². The number of amides is 1. The fourth-order valence-electron chi connectivity index (χ4n) is 2.57. The highest BCUT2D eigenvalue weighted by molar-refractivity contribution is 5.94. The molecule has 2 aromatic rings. The number of hydrogen-bond donors (Lipinski definition) is 1. The third kappa shape index (κ3) is 5.34. The Labute approximate surface area is 154 Å². The maximum absolute atomic E-state index is 12.1. The van der Waals surface area contributed by atoms with Crippen molar-refractivity contribution in [2.24, 2.45) is 0 Å². The van der Waals surface area contributed by atoms with Gasteiger partial charge in [0.2, 0.25) is 0 Å². The largest absolute Gasteiger partial charge is 0.479 e. The summed E-state index contributed by atoms with van der Waals surface area (Å²) in [5.41, 5.74) is 3.83. The van der Waals surface area contributed by atoms with E-state index in [9.17, 15) is 9.59 Å². The summed E-state index contributed by atoms with van der Waals surface area (Å²) in [5, 5.41) is 2.82. The number of carbonyl (C=O) groups excluding carboxylic acids is 2. The number of aryl methyl sites for hydroxylation is 3. The zero-order valence-corrected chi connectivity index (χ0v) is 15.7. The Morgan fingerprint density at radius 1 is 1.12 bits per heavy atom. The molecule has 0 bridgehead atoms. The Kier molecular flexibility index (Phi) is 6.78. The van der Waals surface area contributed by atoms with Crippen LogP contribution in [0, 0.1) is 13.8 Å². The predicted octanol–water partition coefficient (Wildman–Crippen LogP) is 3.82. The summed E-state index contributed by atoms with van der Waals surface area (Å²) < 4.78 is 10.6. The van der Waals surface area contributed by atoms with E-state index >= 15 is 0 Å². The molecule has 138 valence electrons. The molecule has 1 atom stereocenters. The first-order valence-electron chi connectivity index (χ1n) is 8.69. The Hall–Kier alpha value is -2.82.